The van der Waals surface area contributed by atoms with E-state index in [1.54, 1.807) is 11.8 Å². The number of nitrogens with zero attached hydrogens (tertiary/aromatic N) is 1. The van der Waals surface area contributed by atoms with Crippen LogP contribution in [0.25, 0.3) is 0 Å². The molecule has 12 heavy (non-hydrogen) atoms. The van der Waals surface area contributed by atoms with Gasteiger partial charge in [-0.1, -0.05) is 18.7 Å². The topological polar surface area (TPSA) is 41.5 Å². The van der Waals surface area contributed by atoms with E-state index >= 15 is 0 Å². The van der Waals surface area contributed by atoms with Gasteiger partial charge in [-0.3, -0.25) is 9.79 Å². The van der Waals surface area contributed by atoms with Gasteiger partial charge in [-0.05, 0) is 12.3 Å². The molecule has 1 aliphatic heterocycles. The van der Waals surface area contributed by atoms with Gasteiger partial charge in [0.1, 0.15) is 0 Å². The lowest BCUT2D eigenvalue weighted by Crippen LogP contribution is -2.29. The Morgan fingerprint density at radius 3 is 3.00 bits per heavy atom. The Morgan fingerprint density at radius 1 is 1.75 bits per heavy atom. The Morgan fingerprint density at radius 2 is 2.50 bits per heavy atom. The largest absolute Gasteiger partial charge is 0.305 e. The van der Waals surface area contributed by atoms with Crippen molar-refractivity contribution in [1.82, 2.24) is 5.32 Å². The minimum atomic E-state index is 0.163. The van der Waals surface area contributed by atoms with Crippen LogP contribution in [0.2, 0.25) is 0 Å². The Labute approximate surface area is 76.0 Å². The molecule has 0 bridgehead atoms. The summed E-state index contributed by atoms with van der Waals surface area (Å²) >= 11 is 1.64. The summed E-state index contributed by atoms with van der Waals surface area (Å²) in [5, 5.41) is 3.66. The van der Waals surface area contributed by atoms with Crippen LogP contribution in [0.4, 0.5) is 0 Å². The van der Waals surface area contributed by atoms with Crippen molar-refractivity contribution >= 4 is 22.8 Å². The third-order valence-electron chi connectivity index (χ3n) is 2.26. The fourth-order valence-electron chi connectivity index (χ4n) is 1.30. The maximum Gasteiger partial charge on any atom is 0.229 e. The van der Waals surface area contributed by atoms with Gasteiger partial charge in [0.25, 0.3) is 0 Å². The van der Waals surface area contributed by atoms with Gasteiger partial charge in [0.05, 0.1) is 6.54 Å². The van der Waals surface area contributed by atoms with Crippen LogP contribution < -0.4 is 5.32 Å². The molecule has 2 aliphatic rings. The molecule has 0 aromatic heterocycles. The Balaban J connectivity index is 1.82. The zero-order valence-corrected chi connectivity index (χ0v) is 7.86. The molecule has 0 unspecified atom stereocenters. The number of rotatable bonds is 1. The maximum atomic E-state index is 11.4. The van der Waals surface area contributed by atoms with Crippen molar-refractivity contribution in [3.63, 3.8) is 0 Å². The van der Waals surface area contributed by atoms with E-state index in [9.17, 15) is 4.79 Å². The fourth-order valence-corrected chi connectivity index (χ4v) is 2.03. The first-order chi connectivity index (χ1) is 5.77. The average molecular weight is 184 g/mol. The summed E-state index contributed by atoms with van der Waals surface area (Å²) in [4.78, 5) is 15.5. The Kier molecular flexibility index (Phi) is 2.09. The van der Waals surface area contributed by atoms with E-state index in [0.717, 1.165) is 23.9 Å². The van der Waals surface area contributed by atoms with Gasteiger partial charge in [-0.15, -0.1) is 0 Å². The van der Waals surface area contributed by atoms with Gasteiger partial charge in [0, 0.05) is 11.7 Å². The first-order valence-electron chi connectivity index (χ1n) is 4.25. The van der Waals surface area contributed by atoms with Gasteiger partial charge in [0.15, 0.2) is 5.17 Å². The first-order valence-corrected chi connectivity index (χ1v) is 5.24. The number of amidine groups is 1. The summed E-state index contributed by atoms with van der Waals surface area (Å²) in [7, 11) is 0. The highest BCUT2D eigenvalue weighted by Gasteiger charge is 2.39. The lowest BCUT2D eigenvalue weighted by Gasteiger charge is -2.01. The van der Waals surface area contributed by atoms with Crippen LogP contribution in [0.3, 0.4) is 0 Å². The number of carbonyl (C=O) groups is 1. The van der Waals surface area contributed by atoms with Crippen molar-refractivity contribution < 1.29 is 4.79 Å². The van der Waals surface area contributed by atoms with Gasteiger partial charge in [0.2, 0.25) is 5.91 Å². The second kappa shape index (κ2) is 3.09. The van der Waals surface area contributed by atoms with Crippen LogP contribution in [-0.4, -0.2) is 23.4 Å². The molecule has 1 N–H and O–H groups in total. The summed E-state index contributed by atoms with van der Waals surface area (Å²) in [5.74, 6) is 2.01. The van der Waals surface area contributed by atoms with E-state index in [-0.39, 0.29) is 11.8 Å². The number of hydrogen-bond donors (Lipinski definition) is 1. The quantitative estimate of drug-likeness (QED) is 0.656. The van der Waals surface area contributed by atoms with Crippen LogP contribution in [-0.2, 0) is 4.79 Å². The smallest absolute Gasteiger partial charge is 0.229 e. The van der Waals surface area contributed by atoms with E-state index in [1.807, 2.05) is 0 Å². The predicted molar refractivity (Wildman–Crippen MR) is 50.2 cm³/mol. The Hall–Kier alpha value is -0.510. The summed E-state index contributed by atoms with van der Waals surface area (Å²) in [6, 6.07) is 0. The van der Waals surface area contributed by atoms with Gasteiger partial charge >= 0.3 is 0 Å². The zero-order valence-electron chi connectivity index (χ0n) is 7.04. The van der Waals surface area contributed by atoms with Crippen molar-refractivity contribution in [3.05, 3.63) is 0 Å². The minimum Gasteiger partial charge on any atom is -0.305 e. The third kappa shape index (κ3) is 1.63. The molecule has 2 atom stereocenters. The van der Waals surface area contributed by atoms with E-state index in [0.29, 0.717) is 5.92 Å². The van der Waals surface area contributed by atoms with E-state index in [4.69, 9.17) is 0 Å². The molecule has 0 saturated heterocycles. The molecule has 1 aliphatic carbocycles. The van der Waals surface area contributed by atoms with E-state index < -0.39 is 0 Å². The molecule has 1 heterocycles. The van der Waals surface area contributed by atoms with E-state index in [2.05, 4.69) is 17.2 Å². The number of thioether (sulfide) groups is 1. The third-order valence-corrected chi connectivity index (χ3v) is 3.15. The lowest BCUT2D eigenvalue weighted by atomic mass is 10.3. The van der Waals surface area contributed by atoms with Crippen molar-refractivity contribution in [2.75, 3.05) is 12.3 Å². The molecule has 1 fully saturated rings. The highest BCUT2D eigenvalue weighted by molar-refractivity contribution is 8.14. The first kappa shape index (κ1) is 8.10. The fraction of sp³-hybridized carbons (Fsp3) is 0.750. The minimum absolute atomic E-state index is 0.163. The summed E-state index contributed by atoms with van der Waals surface area (Å²) in [5.41, 5.74) is 0. The monoisotopic (exact) mass is 184 g/mol. The van der Waals surface area contributed by atoms with Crippen LogP contribution in [0.1, 0.15) is 13.3 Å². The summed E-state index contributed by atoms with van der Waals surface area (Å²) < 4.78 is 0. The van der Waals surface area contributed by atoms with Crippen LogP contribution >= 0.6 is 11.8 Å². The molecule has 1 amide bonds. The highest BCUT2D eigenvalue weighted by Crippen LogP contribution is 2.37. The molecule has 0 aromatic rings. The normalized spacial score (nSPS) is 32.9. The molecular formula is C8H12N2OS. The molecule has 4 heteroatoms. The molecule has 3 nitrogen and oxygen atoms in total. The molecule has 0 aromatic carbocycles. The highest BCUT2D eigenvalue weighted by atomic mass is 32.2. The number of carbonyl (C=O) groups excluding carboxylic acids is 1. The van der Waals surface area contributed by atoms with Crippen LogP contribution in [0, 0.1) is 11.8 Å². The number of nitrogens with one attached hydrogen (secondary N) is 1. The number of hydrogen-bond acceptors (Lipinski definition) is 3. The van der Waals surface area contributed by atoms with Crippen molar-refractivity contribution in [2.45, 2.75) is 13.3 Å². The SMILES string of the molecule is C[C@H]1C[C@@H]1C(=O)NC1=NCCS1. The molecule has 1 saturated carbocycles. The van der Waals surface area contributed by atoms with Crippen molar-refractivity contribution in [2.24, 2.45) is 16.8 Å². The van der Waals surface area contributed by atoms with Gasteiger partial charge in [-0.2, -0.15) is 0 Å². The Bertz CT molecular complexity index is 239. The lowest BCUT2D eigenvalue weighted by molar-refractivity contribution is -0.121. The molecular weight excluding hydrogens is 172 g/mol. The maximum absolute atomic E-state index is 11.4. The van der Waals surface area contributed by atoms with Crippen molar-refractivity contribution in [3.8, 4) is 0 Å². The van der Waals surface area contributed by atoms with Gasteiger partial charge < -0.3 is 5.32 Å². The number of aliphatic imine (C=N–C) groups is 1. The molecule has 0 radical (unpaired) electrons. The van der Waals surface area contributed by atoms with E-state index in [1.165, 1.54) is 0 Å². The van der Waals surface area contributed by atoms with Crippen molar-refractivity contribution in [1.29, 1.82) is 0 Å². The molecule has 66 valence electrons. The van der Waals surface area contributed by atoms with Crippen LogP contribution in [0.15, 0.2) is 4.99 Å². The van der Waals surface area contributed by atoms with Gasteiger partial charge in [-0.25, -0.2) is 0 Å². The molecule has 0 spiro atoms. The second-order valence-electron chi connectivity index (χ2n) is 3.34. The van der Waals surface area contributed by atoms with Crippen LogP contribution in [0.5, 0.6) is 0 Å². The summed E-state index contributed by atoms with van der Waals surface area (Å²) in [6.07, 6.45) is 1.05. The zero-order chi connectivity index (χ0) is 8.55. The standard InChI is InChI=1S/C8H12N2OS/c1-5-4-6(5)7(11)10-8-9-2-3-12-8/h5-6H,2-4H2,1H3,(H,9,10,11)/t5-,6-/m0/s1. The predicted octanol–water partition coefficient (Wildman–Crippen LogP) is 0.861. The molecule has 2 rings (SSSR count). The summed E-state index contributed by atoms with van der Waals surface area (Å²) in [6.45, 7) is 2.95. The number of amides is 1. The second-order valence-corrected chi connectivity index (χ2v) is 4.43. The average Bonchev–Trinajstić information content (AvgIpc) is 2.58.